The molecule has 4 aromatic carbocycles. The van der Waals surface area contributed by atoms with Gasteiger partial charge in [-0.25, -0.2) is 17.2 Å². The van der Waals surface area contributed by atoms with Crippen molar-refractivity contribution in [3.05, 3.63) is 165 Å². The fraction of sp³-hybridized carbons (Fsp3) is 0.353. The second-order valence-corrected chi connectivity index (χ2v) is 19.5. The Kier molecular flexibility index (Phi) is 13.3. The predicted molar refractivity (Wildman–Crippen MR) is 221 cm³/mol. The van der Waals surface area contributed by atoms with Crippen LogP contribution in [0.4, 0.5) is 0 Å². The molecule has 0 saturated heterocycles. The molecular formula is C51H56Cl2Zr-2. The molecule has 4 aliphatic rings. The van der Waals surface area contributed by atoms with Gasteiger partial charge in [-0.05, 0) is 62.3 Å². The van der Waals surface area contributed by atoms with E-state index in [-0.39, 0.29) is 46.5 Å². The molecule has 3 heteroatoms. The number of hydrogen-bond acceptors (Lipinski definition) is 0. The van der Waals surface area contributed by atoms with E-state index in [4.69, 9.17) is 0 Å². The maximum atomic E-state index is 3.85. The van der Waals surface area contributed by atoms with Gasteiger partial charge in [0.15, 0.2) is 0 Å². The SMILES string of the molecule is CC(C)(C)C1=[C-]C(C)(C)c2cc3c(cc21)-c1cc2c(cc1C3)C(C)(C)C=C2C(C)(C)C.CC1=CC(C)[C-]=C1.[Cl-].[Cl-].[Zr+2]=[C](c1ccccc1)c1ccccc1. The zero-order chi connectivity index (χ0) is 37.8. The molecule has 1 atom stereocenters. The van der Waals surface area contributed by atoms with Crippen LogP contribution in [-0.4, -0.2) is 3.21 Å². The second kappa shape index (κ2) is 16.3. The van der Waals surface area contributed by atoms with Gasteiger partial charge < -0.3 is 24.8 Å². The van der Waals surface area contributed by atoms with Crippen LogP contribution in [0.25, 0.3) is 22.3 Å². The van der Waals surface area contributed by atoms with E-state index in [1.165, 1.54) is 99.8 Å². The molecule has 0 N–H and O–H groups in total. The first-order valence-corrected chi connectivity index (χ1v) is 20.2. The van der Waals surface area contributed by atoms with Crippen molar-refractivity contribution in [2.45, 2.75) is 100 Å². The van der Waals surface area contributed by atoms with E-state index in [9.17, 15) is 0 Å². The van der Waals surface area contributed by atoms with Crippen molar-refractivity contribution < 1.29 is 49.0 Å². The first-order chi connectivity index (χ1) is 24.3. The average Bonchev–Trinajstić information content (AvgIpc) is 3.80. The molecule has 1 unspecified atom stereocenters. The van der Waals surface area contributed by atoms with Crippen molar-refractivity contribution in [2.75, 3.05) is 0 Å². The standard InChI is InChI=1S/C31H37.C13H10.C7H9.2ClH.Zr/c1-28(2,3)26-16-30(7,8)24-12-18-11-19-13-25-23(15-21(19)20(18)14-22(24)26)27(29(4,5)6)17-31(25,9)10;1-3-7-12(8-4-1)11-13-9-5-2-6-10-13;1-6-3-4-7(2)5-6;;;/h12-16H,11H2,1-10H3;1-10H;3,5,7H,1-2H3;2*1H;/q-1;;-1;;;+2/p-2. The molecule has 0 radical (unpaired) electrons. The first-order valence-electron chi connectivity index (χ1n) is 19.0. The van der Waals surface area contributed by atoms with Crippen LogP contribution in [0.15, 0.2) is 109 Å². The van der Waals surface area contributed by atoms with Crippen molar-refractivity contribution in [3.8, 4) is 11.1 Å². The molecule has 0 saturated carbocycles. The Morgan fingerprint density at radius 1 is 0.685 bits per heavy atom. The number of allylic oxidation sites excluding steroid dienone is 8. The Bertz CT molecular complexity index is 2010. The quantitative estimate of drug-likeness (QED) is 0.165. The van der Waals surface area contributed by atoms with E-state index in [1.807, 2.05) is 6.08 Å². The van der Waals surface area contributed by atoms with Gasteiger partial charge in [0.2, 0.25) is 0 Å². The molecule has 0 spiro atoms. The molecule has 0 heterocycles. The van der Waals surface area contributed by atoms with Crippen LogP contribution in [0.2, 0.25) is 0 Å². The summed E-state index contributed by atoms with van der Waals surface area (Å²) in [5, 5.41) is 0. The summed E-state index contributed by atoms with van der Waals surface area (Å²) in [4.78, 5) is 0. The van der Waals surface area contributed by atoms with Crippen molar-refractivity contribution in [3.63, 3.8) is 0 Å². The Labute approximate surface area is 354 Å². The molecule has 0 nitrogen and oxygen atoms in total. The number of hydrogen-bond donors (Lipinski definition) is 0. The van der Waals surface area contributed by atoms with Gasteiger partial charge in [0, 0.05) is 5.41 Å². The van der Waals surface area contributed by atoms with E-state index in [2.05, 4.69) is 192 Å². The topological polar surface area (TPSA) is 0 Å². The zero-order valence-corrected chi connectivity index (χ0v) is 38.3. The minimum atomic E-state index is -0.0202. The predicted octanol–water partition coefficient (Wildman–Crippen LogP) is 7.25. The monoisotopic (exact) mass is 828 g/mol. The molecule has 0 bridgehead atoms. The summed E-state index contributed by atoms with van der Waals surface area (Å²) in [6, 6.07) is 31.1. The summed E-state index contributed by atoms with van der Waals surface area (Å²) in [6.07, 6.45) is 14.8. The molecule has 4 aromatic rings. The van der Waals surface area contributed by atoms with Crippen LogP contribution in [0.1, 0.15) is 128 Å². The Morgan fingerprint density at radius 2 is 1.19 bits per heavy atom. The molecule has 280 valence electrons. The summed E-state index contributed by atoms with van der Waals surface area (Å²) in [5.41, 5.74) is 18.9. The Balaban J connectivity index is 0.000000233. The average molecular weight is 831 g/mol. The summed E-state index contributed by atoms with van der Waals surface area (Å²) >= 11 is 1.46. The van der Waals surface area contributed by atoms with Crippen molar-refractivity contribution in [2.24, 2.45) is 16.7 Å². The Morgan fingerprint density at radius 3 is 1.61 bits per heavy atom. The molecule has 0 aromatic heterocycles. The van der Waals surface area contributed by atoms with E-state index >= 15 is 0 Å². The van der Waals surface area contributed by atoms with Gasteiger partial charge in [0.1, 0.15) is 0 Å². The fourth-order valence-corrected chi connectivity index (χ4v) is 8.89. The normalized spacial score (nSPS) is 17.7. The van der Waals surface area contributed by atoms with Gasteiger partial charge in [0.05, 0.1) is 0 Å². The maximum absolute atomic E-state index is 3.85. The molecule has 4 aliphatic carbocycles. The van der Waals surface area contributed by atoms with Crippen LogP contribution >= 0.6 is 0 Å². The van der Waals surface area contributed by atoms with Crippen molar-refractivity contribution in [1.82, 2.24) is 0 Å². The summed E-state index contributed by atoms with van der Waals surface area (Å²) < 4.78 is 1.42. The van der Waals surface area contributed by atoms with Crippen LogP contribution < -0.4 is 24.8 Å². The molecule has 0 aliphatic heterocycles. The van der Waals surface area contributed by atoms with Gasteiger partial charge in [-0.3, -0.25) is 12.2 Å². The van der Waals surface area contributed by atoms with Gasteiger partial charge >= 0.3 is 99.2 Å². The zero-order valence-electron chi connectivity index (χ0n) is 34.4. The molecule has 8 rings (SSSR count). The van der Waals surface area contributed by atoms with Gasteiger partial charge in [-0.1, -0.05) is 106 Å². The first kappa shape index (κ1) is 43.9. The van der Waals surface area contributed by atoms with Crippen LogP contribution in [0.3, 0.4) is 0 Å². The third-order valence-corrected chi connectivity index (χ3v) is 12.2. The third-order valence-electron chi connectivity index (χ3n) is 10.8. The number of fused-ring (bicyclic) bond motifs is 5. The minimum absolute atomic E-state index is 0. The van der Waals surface area contributed by atoms with E-state index in [1.54, 1.807) is 0 Å². The van der Waals surface area contributed by atoms with Gasteiger partial charge in [0.25, 0.3) is 0 Å². The van der Waals surface area contributed by atoms with Crippen LogP contribution in [0.5, 0.6) is 0 Å². The van der Waals surface area contributed by atoms with Gasteiger partial charge in [-0.15, -0.1) is 18.6 Å². The van der Waals surface area contributed by atoms with Gasteiger partial charge in [-0.2, -0.15) is 11.6 Å². The third kappa shape index (κ3) is 9.07. The van der Waals surface area contributed by atoms with Crippen molar-refractivity contribution >= 4 is 14.4 Å². The summed E-state index contributed by atoms with van der Waals surface area (Å²) in [6.45, 7) is 27.6. The van der Waals surface area contributed by atoms with E-state index in [0.29, 0.717) is 5.92 Å². The van der Waals surface area contributed by atoms with E-state index < -0.39 is 0 Å². The number of benzene rings is 4. The summed E-state index contributed by atoms with van der Waals surface area (Å²) in [5.74, 6) is 0.556. The van der Waals surface area contributed by atoms with Crippen LogP contribution in [-0.2, 0) is 41.5 Å². The van der Waals surface area contributed by atoms with E-state index in [0.717, 1.165) is 6.42 Å². The second-order valence-electron chi connectivity index (χ2n) is 18.3. The molecule has 0 fully saturated rings. The Hall–Kier alpha value is -2.83. The van der Waals surface area contributed by atoms with Crippen LogP contribution in [0, 0.1) is 28.9 Å². The van der Waals surface area contributed by atoms with Crippen molar-refractivity contribution in [1.29, 1.82) is 0 Å². The number of rotatable bonds is 2. The number of halogens is 2. The molecule has 54 heavy (non-hydrogen) atoms. The molecule has 0 amide bonds. The summed E-state index contributed by atoms with van der Waals surface area (Å²) in [7, 11) is 0. The molecular weight excluding hydrogens is 775 g/mol. The fourth-order valence-electron chi connectivity index (χ4n) is 8.07.